The van der Waals surface area contributed by atoms with Gasteiger partial charge < -0.3 is 15.3 Å². The number of carboxylic acids is 2. The third kappa shape index (κ3) is 2.61. The number of aliphatic hydroxyl groups is 1. The van der Waals surface area contributed by atoms with Crippen molar-refractivity contribution < 1.29 is 24.9 Å². The SMILES string of the molecule is CC1C(C(=O)O)=CC=CC1(CC(C)(C)O)C(=O)O. The first kappa shape index (κ1) is 14.4. The average molecular weight is 254 g/mol. The van der Waals surface area contributed by atoms with Crippen LogP contribution in [0.3, 0.4) is 0 Å². The van der Waals surface area contributed by atoms with E-state index in [9.17, 15) is 19.8 Å². The Labute approximate surface area is 105 Å². The van der Waals surface area contributed by atoms with Crippen molar-refractivity contribution in [3.8, 4) is 0 Å². The Balaban J connectivity index is 3.23. The molecular weight excluding hydrogens is 236 g/mol. The fraction of sp³-hybridized carbons (Fsp3) is 0.538. The van der Waals surface area contributed by atoms with E-state index in [0.29, 0.717) is 0 Å². The fourth-order valence-corrected chi connectivity index (χ4v) is 2.41. The number of allylic oxidation sites excluding steroid dienone is 2. The topological polar surface area (TPSA) is 94.8 Å². The molecule has 2 unspecified atom stereocenters. The molecule has 3 N–H and O–H groups in total. The Kier molecular flexibility index (Phi) is 3.67. The third-order valence-electron chi connectivity index (χ3n) is 3.28. The highest BCUT2D eigenvalue weighted by molar-refractivity contribution is 5.91. The molecule has 0 aliphatic heterocycles. The van der Waals surface area contributed by atoms with Gasteiger partial charge in [-0.25, -0.2) is 4.79 Å². The molecule has 100 valence electrons. The summed E-state index contributed by atoms with van der Waals surface area (Å²) in [5.74, 6) is -2.96. The van der Waals surface area contributed by atoms with Crippen LogP contribution in [0.5, 0.6) is 0 Å². The minimum absolute atomic E-state index is 0.0440. The fourth-order valence-electron chi connectivity index (χ4n) is 2.41. The van der Waals surface area contributed by atoms with Gasteiger partial charge in [0.15, 0.2) is 0 Å². The molecule has 5 nitrogen and oxygen atoms in total. The molecule has 2 atom stereocenters. The highest BCUT2D eigenvalue weighted by atomic mass is 16.4. The Morgan fingerprint density at radius 2 is 1.94 bits per heavy atom. The van der Waals surface area contributed by atoms with Crippen LogP contribution in [0.25, 0.3) is 0 Å². The second-order valence-electron chi connectivity index (χ2n) is 5.34. The minimum atomic E-state index is -1.39. The van der Waals surface area contributed by atoms with Crippen molar-refractivity contribution in [1.82, 2.24) is 0 Å². The highest BCUT2D eigenvalue weighted by Crippen LogP contribution is 2.43. The van der Waals surface area contributed by atoms with E-state index in [2.05, 4.69) is 0 Å². The number of hydrogen-bond acceptors (Lipinski definition) is 3. The molecule has 1 rings (SSSR count). The Morgan fingerprint density at radius 3 is 2.33 bits per heavy atom. The first-order valence-corrected chi connectivity index (χ1v) is 5.68. The lowest BCUT2D eigenvalue weighted by atomic mass is 9.65. The molecule has 18 heavy (non-hydrogen) atoms. The predicted octanol–water partition coefficient (Wildman–Crippen LogP) is 1.44. The van der Waals surface area contributed by atoms with Gasteiger partial charge in [-0.15, -0.1) is 0 Å². The van der Waals surface area contributed by atoms with Gasteiger partial charge in [-0.1, -0.05) is 25.2 Å². The normalized spacial score (nSPS) is 27.8. The van der Waals surface area contributed by atoms with Crippen molar-refractivity contribution >= 4 is 11.9 Å². The first-order valence-electron chi connectivity index (χ1n) is 5.68. The maximum Gasteiger partial charge on any atom is 0.331 e. The van der Waals surface area contributed by atoms with Gasteiger partial charge >= 0.3 is 11.9 Å². The average Bonchev–Trinajstić information content (AvgIpc) is 2.18. The molecule has 0 aromatic heterocycles. The van der Waals surface area contributed by atoms with Gasteiger partial charge in [-0.05, 0) is 20.3 Å². The van der Waals surface area contributed by atoms with Crippen LogP contribution in [-0.2, 0) is 9.59 Å². The molecule has 0 saturated carbocycles. The molecule has 5 heteroatoms. The maximum atomic E-state index is 11.6. The van der Waals surface area contributed by atoms with Gasteiger partial charge in [0.25, 0.3) is 0 Å². The molecule has 0 radical (unpaired) electrons. The van der Waals surface area contributed by atoms with Gasteiger partial charge in [-0.2, -0.15) is 0 Å². The summed E-state index contributed by atoms with van der Waals surface area (Å²) < 4.78 is 0. The molecule has 0 spiro atoms. The summed E-state index contributed by atoms with van der Waals surface area (Å²) >= 11 is 0. The van der Waals surface area contributed by atoms with Crippen molar-refractivity contribution in [3.63, 3.8) is 0 Å². The Morgan fingerprint density at radius 1 is 1.39 bits per heavy atom. The predicted molar refractivity (Wildman–Crippen MR) is 65.0 cm³/mol. The maximum absolute atomic E-state index is 11.6. The summed E-state index contributed by atoms with van der Waals surface area (Å²) in [5.41, 5.74) is -2.54. The van der Waals surface area contributed by atoms with E-state index >= 15 is 0 Å². The number of aliphatic carboxylic acids is 2. The van der Waals surface area contributed by atoms with Crippen LogP contribution in [0, 0.1) is 11.3 Å². The lowest BCUT2D eigenvalue weighted by Crippen LogP contribution is -2.44. The van der Waals surface area contributed by atoms with Crippen LogP contribution in [0.1, 0.15) is 27.2 Å². The number of carboxylic acid groups (broad SMARTS) is 2. The minimum Gasteiger partial charge on any atom is -0.481 e. The van der Waals surface area contributed by atoms with E-state index in [1.54, 1.807) is 6.92 Å². The molecule has 0 aromatic carbocycles. The lowest BCUT2D eigenvalue weighted by molar-refractivity contribution is -0.152. The van der Waals surface area contributed by atoms with Crippen LogP contribution >= 0.6 is 0 Å². The van der Waals surface area contributed by atoms with Gasteiger partial charge in [0.05, 0.1) is 11.0 Å². The van der Waals surface area contributed by atoms with Gasteiger partial charge in [-0.3, -0.25) is 4.79 Å². The van der Waals surface area contributed by atoms with Crippen molar-refractivity contribution in [2.45, 2.75) is 32.8 Å². The Hall–Kier alpha value is -1.62. The van der Waals surface area contributed by atoms with E-state index in [1.165, 1.54) is 32.1 Å². The second-order valence-corrected chi connectivity index (χ2v) is 5.34. The zero-order valence-corrected chi connectivity index (χ0v) is 10.7. The zero-order valence-electron chi connectivity index (χ0n) is 10.7. The molecule has 0 bridgehead atoms. The Bertz CT molecular complexity index is 427. The highest BCUT2D eigenvalue weighted by Gasteiger charge is 2.48. The molecule has 1 aliphatic carbocycles. The molecule has 0 aromatic rings. The third-order valence-corrected chi connectivity index (χ3v) is 3.28. The van der Waals surface area contributed by atoms with Crippen LogP contribution in [0.15, 0.2) is 23.8 Å². The summed E-state index contributed by atoms with van der Waals surface area (Å²) in [5, 5.41) is 28.4. The van der Waals surface area contributed by atoms with E-state index in [0.717, 1.165) is 0 Å². The second kappa shape index (κ2) is 4.57. The summed E-state index contributed by atoms with van der Waals surface area (Å²) in [7, 11) is 0. The van der Waals surface area contributed by atoms with Crippen molar-refractivity contribution in [1.29, 1.82) is 0 Å². The molecule has 1 aliphatic rings. The van der Waals surface area contributed by atoms with Gasteiger partial charge in [0.2, 0.25) is 0 Å². The quantitative estimate of drug-likeness (QED) is 0.705. The smallest absolute Gasteiger partial charge is 0.331 e. The summed E-state index contributed by atoms with van der Waals surface area (Å²) in [6.45, 7) is 4.58. The van der Waals surface area contributed by atoms with Crippen molar-refractivity contribution in [2.24, 2.45) is 11.3 Å². The van der Waals surface area contributed by atoms with Gasteiger partial charge in [0, 0.05) is 11.5 Å². The summed E-state index contributed by atoms with van der Waals surface area (Å²) in [6, 6.07) is 0. The van der Waals surface area contributed by atoms with Crippen LogP contribution < -0.4 is 0 Å². The molecule has 0 fully saturated rings. The lowest BCUT2D eigenvalue weighted by Gasteiger charge is -2.38. The van der Waals surface area contributed by atoms with Crippen LogP contribution in [0.4, 0.5) is 0 Å². The van der Waals surface area contributed by atoms with Crippen molar-refractivity contribution in [3.05, 3.63) is 23.8 Å². The van der Waals surface area contributed by atoms with Crippen LogP contribution in [-0.4, -0.2) is 32.9 Å². The molecular formula is C13H18O5. The van der Waals surface area contributed by atoms with E-state index < -0.39 is 28.9 Å². The monoisotopic (exact) mass is 254 g/mol. The first-order chi connectivity index (χ1) is 8.10. The standard InChI is InChI=1S/C13H18O5/c1-8-9(10(14)15)5-4-6-13(8,11(16)17)7-12(2,3)18/h4-6,8,18H,7H2,1-3H3,(H,14,15)(H,16,17). The van der Waals surface area contributed by atoms with Gasteiger partial charge in [0.1, 0.15) is 0 Å². The number of carbonyl (C=O) groups is 2. The zero-order chi connectivity index (χ0) is 14.1. The number of hydrogen-bond donors (Lipinski definition) is 3. The van der Waals surface area contributed by atoms with E-state index in [1.807, 2.05) is 0 Å². The molecule has 0 amide bonds. The number of rotatable bonds is 4. The van der Waals surface area contributed by atoms with E-state index in [4.69, 9.17) is 5.11 Å². The van der Waals surface area contributed by atoms with Crippen LogP contribution in [0.2, 0.25) is 0 Å². The largest absolute Gasteiger partial charge is 0.481 e. The summed E-state index contributed by atoms with van der Waals surface area (Å²) in [4.78, 5) is 22.6. The van der Waals surface area contributed by atoms with E-state index in [-0.39, 0.29) is 12.0 Å². The van der Waals surface area contributed by atoms with Crippen molar-refractivity contribution in [2.75, 3.05) is 0 Å². The molecule has 0 heterocycles. The molecule has 0 saturated heterocycles. The summed E-state index contributed by atoms with van der Waals surface area (Å²) in [6.07, 6.45) is 4.25.